The molecule has 150 valence electrons. The van der Waals surface area contributed by atoms with Crippen LogP contribution in [0.5, 0.6) is 0 Å². The molecule has 7 heteroatoms. The molecule has 0 spiro atoms. The van der Waals surface area contributed by atoms with Gasteiger partial charge in [-0.2, -0.15) is 0 Å². The number of ether oxygens (including phenoxy) is 1. The minimum absolute atomic E-state index is 0.239. The van der Waals surface area contributed by atoms with E-state index in [9.17, 15) is 9.59 Å². The highest BCUT2D eigenvalue weighted by molar-refractivity contribution is 6.35. The van der Waals surface area contributed by atoms with Gasteiger partial charge in [-0.1, -0.05) is 36.4 Å². The van der Waals surface area contributed by atoms with E-state index in [1.165, 1.54) is 4.90 Å². The fourth-order valence-electron chi connectivity index (χ4n) is 3.81. The van der Waals surface area contributed by atoms with Crippen molar-refractivity contribution in [2.24, 2.45) is 0 Å². The molecule has 0 radical (unpaired) electrons. The number of imide groups is 1. The van der Waals surface area contributed by atoms with E-state index < -0.39 is 0 Å². The molecule has 7 nitrogen and oxygen atoms in total. The van der Waals surface area contributed by atoms with Crippen molar-refractivity contribution >= 4 is 23.2 Å². The van der Waals surface area contributed by atoms with Crippen molar-refractivity contribution in [2.75, 3.05) is 51.3 Å². The lowest BCUT2D eigenvalue weighted by atomic mass is 10.0. The fourth-order valence-corrected chi connectivity index (χ4v) is 3.81. The number of aromatic nitrogens is 1. The maximum atomic E-state index is 13.2. The summed E-state index contributed by atoms with van der Waals surface area (Å²) < 4.78 is 5.09. The van der Waals surface area contributed by atoms with Gasteiger partial charge in [0.2, 0.25) is 0 Å². The number of benzene rings is 1. The summed E-state index contributed by atoms with van der Waals surface area (Å²) in [5.74, 6) is 0.442. The number of carbonyl (C=O) groups excluding carboxylic acids is 2. The highest BCUT2D eigenvalue weighted by atomic mass is 16.5. The highest BCUT2D eigenvalue weighted by Gasteiger charge is 2.41. The van der Waals surface area contributed by atoms with E-state index in [0.29, 0.717) is 31.0 Å². The number of anilines is 1. The Labute approximate surface area is 170 Å². The Kier molecular flexibility index (Phi) is 5.57. The van der Waals surface area contributed by atoms with Gasteiger partial charge < -0.3 is 14.5 Å². The lowest BCUT2D eigenvalue weighted by Gasteiger charge is -2.37. The van der Waals surface area contributed by atoms with Crippen LogP contribution in [0.3, 0.4) is 0 Å². The Morgan fingerprint density at radius 2 is 1.59 bits per heavy atom. The first-order valence-corrected chi connectivity index (χ1v) is 9.76. The predicted octanol–water partition coefficient (Wildman–Crippen LogP) is 1.63. The third kappa shape index (κ3) is 3.73. The van der Waals surface area contributed by atoms with Gasteiger partial charge in [0.05, 0.1) is 18.7 Å². The minimum Gasteiger partial charge on any atom is -0.383 e. The number of piperazine rings is 1. The van der Waals surface area contributed by atoms with Crippen LogP contribution in [0, 0.1) is 0 Å². The molecule has 0 saturated carbocycles. The number of hydrogen-bond donors (Lipinski definition) is 0. The van der Waals surface area contributed by atoms with Crippen molar-refractivity contribution in [3.8, 4) is 0 Å². The van der Waals surface area contributed by atoms with Crippen LogP contribution in [0.1, 0.15) is 5.56 Å². The van der Waals surface area contributed by atoms with Crippen LogP contribution in [-0.2, 0) is 14.3 Å². The maximum Gasteiger partial charge on any atom is 0.277 e. The van der Waals surface area contributed by atoms with Gasteiger partial charge in [-0.15, -0.1) is 0 Å². The zero-order valence-corrected chi connectivity index (χ0v) is 16.5. The van der Waals surface area contributed by atoms with Crippen LogP contribution < -0.4 is 4.90 Å². The number of carbonyl (C=O) groups is 2. The van der Waals surface area contributed by atoms with Gasteiger partial charge in [0, 0.05) is 39.5 Å². The number of rotatable bonds is 6. The average Bonchev–Trinajstić information content (AvgIpc) is 3.03. The molecule has 0 aliphatic carbocycles. The van der Waals surface area contributed by atoms with Crippen LogP contribution in [0.25, 0.3) is 5.57 Å². The van der Waals surface area contributed by atoms with Crippen molar-refractivity contribution in [1.29, 1.82) is 0 Å². The Hall–Kier alpha value is -3.19. The van der Waals surface area contributed by atoms with Gasteiger partial charge in [0.15, 0.2) is 0 Å². The largest absolute Gasteiger partial charge is 0.383 e. The Morgan fingerprint density at radius 3 is 2.24 bits per heavy atom. The summed E-state index contributed by atoms with van der Waals surface area (Å²) in [6, 6.07) is 15.3. The molecule has 29 heavy (non-hydrogen) atoms. The predicted molar refractivity (Wildman–Crippen MR) is 110 cm³/mol. The molecule has 3 heterocycles. The zero-order chi connectivity index (χ0) is 20.2. The second-order valence-corrected chi connectivity index (χ2v) is 7.01. The quantitative estimate of drug-likeness (QED) is 0.697. The number of amides is 2. The lowest BCUT2D eigenvalue weighted by molar-refractivity contribution is -0.138. The maximum absolute atomic E-state index is 13.2. The first-order chi connectivity index (χ1) is 14.2. The van der Waals surface area contributed by atoms with Crippen molar-refractivity contribution in [1.82, 2.24) is 14.8 Å². The van der Waals surface area contributed by atoms with Crippen LogP contribution >= 0.6 is 0 Å². The van der Waals surface area contributed by atoms with E-state index in [1.807, 2.05) is 53.4 Å². The summed E-state index contributed by atoms with van der Waals surface area (Å²) in [6.07, 6.45) is 1.78. The van der Waals surface area contributed by atoms with Gasteiger partial charge in [0.1, 0.15) is 11.5 Å². The molecule has 0 bridgehead atoms. The third-order valence-corrected chi connectivity index (χ3v) is 5.29. The van der Waals surface area contributed by atoms with Crippen LogP contribution in [0.15, 0.2) is 60.4 Å². The van der Waals surface area contributed by atoms with E-state index >= 15 is 0 Å². The summed E-state index contributed by atoms with van der Waals surface area (Å²) in [5, 5.41) is 0. The van der Waals surface area contributed by atoms with E-state index in [1.54, 1.807) is 13.3 Å². The number of methoxy groups -OCH3 is 1. The molecule has 1 aromatic heterocycles. The molecule has 4 rings (SSSR count). The van der Waals surface area contributed by atoms with Crippen molar-refractivity contribution in [3.63, 3.8) is 0 Å². The van der Waals surface area contributed by atoms with Gasteiger partial charge in [-0.25, -0.2) is 4.98 Å². The first-order valence-electron chi connectivity index (χ1n) is 9.76. The molecular formula is C22H24N4O3. The smallest absolute Gasteiger partial charge is 0.277 e. The topological polar surface area (TPSA) is 66.0 Å². The number of nitrogens with zero attached hydrogens (tertiary/aromatic N) is 4. The molecule has 0 N–H and O–H groups in total. The van der Waals surface area contributed by atoms with Crippen LogP contribution in [0.2, 0.25) is 0 Å². The molecule has 0 unspecified atom stereocenters. The second-order valence-electron chi connectivity index (χ2n) is 7.01. The molecule has 2 amide bonds. The van der Waals surface area contributed by atoms with Crippen molar-refractivity contribution < 1.29 is 14.3 Å². The molecule has 2 aliphatic heterocycles. The second kappa shape index (κ2) is 8.45. The normalized spacial score (nSPS) is 17.5. The standard InChI is InChI=1S/C22H24N4O3/c1-29-16-15-26-21(27)19(17-7-3-2-4-8-17)20(22(26)28)25-13-11-24(12-14-25)18-9-5-6-10-23-18/h2-10H,11-16H2,1H3. The number of pyridine rings is 1. The Morgan fingerprint density at radius 1 is 0.897 bits per heavy atom. The van der Waals surface area contributed by atoms with E-state index in [4.69, 9.17) is 4.74 Å². The van der Waals surface area contributed by atoms with Gasteiger partial charge in [-0.3, -0.25) is 14.5 Å². The Balaban J connectivity index is 1.61. The van der Waals surface area contributed by atoms with E-state index in [2.05, 4.69) is 9.88 Å². The lowest BCUT2D eigenvalue weighted by Crippen LogP contribution is -2.48. The molecule has 0 atom stereocenters. The van der Waals surface area contributed by atoms with Crippen LogP contribution in [0.4, 0.5) is 5.82 Å². The summed E-state index contributed by atoms with van der Waals surface area (Å²) in [6.45, 7) is 3.35. The van der Waals surface area contributed by atoms with Gasteiger partial charge in [-0.05, 0) is 17.7 Å². The molecule has 1 saturated heterocycles. The number of hydrogen-bond acceptors (Lipinski definition) is 6. The van der Waals surface area contributed by atoms with Gasteiger partial charge >= 0.3 is 0 Å². The summed E-state index contributed by atoms with van der Waals surface area (Å²) in [7, 11) is 1.56. The van der Waals surface area contributed by atoms with Crippen LogP contribution in [-0.4, -0.2) is 73.0 Å². The first kappa shape index (κ1) is 19.1. The van der Waals surface area contributed by atoms with Gasteiger partial charge in [0.25, 0.3) is 11.8 Å². The zero-order valence-electron chi connectivity index (χ0n) is 16.5. The summed E-state index contributed by atoms with van der Waals surface area (Å²) in [4.78, 5) is 36.2. The summed E-state index contributed by atoms with van der Waals surface area (Å²) in [5.41, 5.74) is 1.75. The Bertz CT molecular complexity index is 906. The SMILES string of the molecule is COCCN1C(=O)C(c2ccccc2)=C(N2CCN(c3ccccn3)CC2)C1=O. The molecule has 2 aromatic rings. The monoisotopic (exact) mass is 392 g/mol. The van der Waals surface area contributed by atoms with E-state index in [-0.39, 0.29) is 18.4 Å². The molecular weight excluding hydrogens is 368 g/mol. The summed E-state index contributed by atoms with van der Waals surface area (Å²) >= 11 is 0. The molecule has 1 aromatic carbocycles. The fraction of sp³-hybridized carbons (Fsp3) is 0.318. The minimum atomic E-state index is -0.250. The molecule has 2 aliphatic rings. The average molecular weight is 392 g/mol. The highest BCUT2D eigenvalue weighted by Crippen LogP contribution is 2.32. The van der Waals surface area contributed by atoms with E-state index in [0.717, 1.165) is 24.5 Å². The third-order valence-electron chi connectivity index (χ3n) is 5.29. The van der Waals surface area contributed by atoms with Crippen molar-refractivity contribution in [2.45, 2.75) is 0 Å². The molecule has 1 fully saturated rings. The van der Waals surface area contributed by atoms with Crippen molar-refractivity contribution in [3.05, 3.63) is 66.0 Å².